The molecule has 82 heavy (non-hydrogen) atoms. The van der Waals surface area contributed by atoms with Gasteiger partial charge in [-0.1, -0.05) is 66.2 Å². The van der Waals surface area contributed by atoms with Gasteiger partial charge in [-0.25, -0.2) is 27.5 Å². The van der Waals surface area contributed by atoms with Crippen LogP contribution in [0.3, 0.4) is 0 Å². The van der Waals surface area contributed by atoms with Gasteiger partial charge in [0.2, 0.25) is 0 Å². The van der Waals surface area contributed by atoms with E-state index in [0.29, 0.717) is 17.3 Å². The molecule has 1 saturated heterocycles. The van der Waals surface area contributed by atoms with Crippen LogP contribution in [-0.2, 0) is 44.0 Å². The number of piperazine rings is 1. The van der Waals surface area contributed by atoms with Crippen molar-refractivity contribution in [3.63, 3.8) is 0 Å². The van der Waals surface area contributed by atoms with E-state index in [4.69, 9.17) is 41.3 Å². The van der Waals surface area contributed by atoms with Crippen LogP contribution < -0.4 is 10.0 Å². The molecular weight excluding hydrogens is 1170 g/mol. The number of carbonyl (C=O) groups is 4. The SMILES string of the molecule is CN1CCN(CCC(CSc2ccccc2)Nc2ccc(S(=O)(=O)NC(=O)c3ccc4c(c3)cc3n4CCN(Cc4ccccc4-c4ccc(Cl)cc4)C3)cc2[N+](=O)[O-])CC1.O=C(O)C(F)(F)F.O=C(O)C(F)(F)F.O=C(O)C(F)(F)F. The Balaban J connectivity index is 0.000000499. The van der Waals surface area contributed by atoms with Gasteiger partial charge in [-0.05, 0) is 90.8 Å². The van der Waals surface area contributed by atoms with Crippen LogP contribution in [0.2, 0.25) is 5.02 Å². The Morgan fingerprint density at radius 3 is 1.85 bits per heavy atom. The van der Waals surface area contributed by atoms with Crippen LogP contribution >= 0.6 is 23.4 Å². The van der Waals surface area contributed by atoms with E-state index in [-0.39, 0.29) is 27.9 Å². The monoisotopic (exact) mass is 1220 g/mol. The van der Waals surface area contributed by atoms with Gasteiger partial charge >= 0.3 is 36.4 Å². The molecule has 1 atom stereocenters. The molecule has 30 heteroatoms. The molecule has 3 heterocycles. The van der Waals surface area contributed by atoms with Crippen LogP contribution in [-0.4, -0.2) is 148 Å². The number of hydrogen-bond donors (Lipinski definition) is 5. The highest BCUT2D eigenvalue weighted by molar-refractivity contribution is 7.99. The van der Waals surface area contributed by atoms with E-state index in [1.54, 1.807) is 23.9 Å². The Morgan fingerprint density at radius 1 is 0.720 bits per heavy atom. The molecular formula is C52H51ClF9N7O11S2. The molecule has 1 aromatic heterocycles. The van der Waals surface area contributed by atoms with Crippen molar-refractivity contribution in [2.45, 2.75) is 60.4 Å². The molecule has 6 aromatic rings. The third-order valence-corrected chi connectivity index (χ3v) is 15.0. The minimum atomic E-state index is -5.08. The molecule has 1 unspecified atom stereocenters. The van der Waals surface area contributed by atoms with Gasteiger partial charge in [-0.2, -0.15) is 39.5 Å². The molecule has 1 fully saturated rings. The molecule has 0 spiro atoms. The predicted octanol–water partition coefficient (Wildman–Crippen LogP) is 10.1. The lowest BCUT2D eigenvalue weighted by Crippen LogP contribution is -2.45. The number of nitrogens with one attached hydrogen (secondary N) is 2. The lowest BCUT2D eigenvalue weighted by molar-refractivity contribution is -0.384. The zero-order valence-corrected chi connectivity index (χ0v) is 45.2. The fraction of sp³-hybridized carbons (Fsp3) is 0.308. The first-order valence-electron chi connectivity index (χ1n) is 24.1. The summed E-state index contributed by atoms with van der Waals surface area (Å²) < 4.78 is 127. The lowest BCUT2D eigenvalue weighted by Gasteiger charge is -2.33. The first kappa shape index (κ1) is 65.4. The molecule has 5 aromatic carbocycles. The Morgan fingerprint density at radius 2 is 1.28 bits per heavy atom. The number of anilines is 1. The number of amides is 1. The fourth-order valence-corrected chi connectivity index (χ4v) is 10.2. The molecule has 0 aliphatic carbocycles. The summed E-state index contributed by atoms with van der Waals surface area (Å²) >= 11 is 7.81. The number of rotatable bonds is 15. The fourth-order valence-electron chi connectivity index (χ4n) is 8.09. The minimum absolute atomic E-state index is 0.138. The third kappa shape index (κ3) is 19.6. The Bertz CT molecular complexity index is 3250. The van der Waals surface area contributed by atoms with E-state index < -0.39 is 57.3 Å². The van der Waals surface area contributed by atoms with Crippen LogP contribution in [0.15, 0.2) is 131 Å². The molecule has 8 rings (SSSR count). The number of thioether (sulfide) groups is 1. The number of nitro groups is 1. The number of alkyl halides is 9. The number of halogens is 10. The zero-order valence-electron chi connectivity index (χ0n) is 42.8. The highest BCUT2D eigenvalue weighted by Crippen LogP contribution is 2.32. The van der Waals surface area contributed by atoms with Crippen molar-refractivity contribution in [3.8, 4) is 11.1 Å². The topological polar surface area (TPSA) is 245 Å². The second kappa shape index (κ2) is 28.5. The van der Waals surface area contributed by atoms with Gasteiger partial charge in [-0.3, -0.25) is 19.8 Å². The number of aromatic nitrogens is 1. The maximum absolute atomic E-state index is 13.6. The highest BCUT2D eigenvalue weighted by atomic mass is 35.5. The number of nitrogens with zero attached hydrogens (tertiary/aromatic N) is 5. The molecule has 5 N–H and O–H groups in total. The number of carbonyl (C=O) groups excluding carboxylic acids is 1. The zero-order chi connectivity index (χ0) is 60.7. The van der Waals surface area contributed by atoms with Crippen molar-refractivity contribution < 1.29 is 87.4 Å². The molecule has 2 aliphatic heterocycles. The first-order valence-corrected chi connectivity index (χ1v) is 27.0. The minimum Gasteiger partial charge on any atom is -0.475 e. The van der Waals surface area contributed by atoms with Crippen LogP contribution in [0, 0.1) is 10.1 Å². The van der Waals surface area contributed by atoms with Crippen molar-refractivity contribution in [2.75, 3.05) is 57.4 Å². The molecule has 2 aliphatic rings. The lowest BCUT2D eigenvalue weighted by atomic mass is 9.99. The van der Waals surface area contributed by atoms with Crippen LogP contribution in [0.4, 0.5) is 50.9 Å². The van der Waals surface area contributed by atoms with Crippen molar-refractivity contribution in [3.05, 3.63) is 153 Å². The van der Waals surface area contributed by atoms with Crippen molar-refractivity contribution in [1.29, 1.82) is 0 Å². The summed E-state index contributed by atoms with van der Waals surface area (Å²) in [6.07, 6.45) is -14.5. The molecule has 0 saturated carbocycles. The largest absolute Gasteiger partial charge is 0.490 e. The molecule has 0 bridgehead atoms. The maximum atomic E-state index is 13.6. The van der Waals surface area contributed by atoms with Crippen LogP contribution in [0.1, 0.15) is 28.0 Å². The van der Waals surface area contributed by atoms with Gasteiger partial charge in [0.05, 0.1) is 9.82 Å². The van der Waals surface area contributed by atoms with Crippen molar-refractivity contribution in [2.24, 2.45) is 0 Å². The van der Waals surface area contributed by atoms with E-state index in [0.717, 1.165) is 97.5 Å². The average Bonchev–Trinajstić information content (AvgIpc) is 4.01. The standard InChI is InChI=1S/C46H48ClN7O5S2.3C2HF3O2/c1-50-21-23-51(24-22-50)20-19-38(32-60-40-8-3-2-4-9-40)48-43-17-16-41(29-45(43)54(56)57)61(58,59)49-46(55)34-13-18-44-36(27-34)28-39-31-52(25-26-53(39)44)30-35-7-5-6-10-42(35)33-11-14-37(47)15-12-33;3*3-2(4,5)1(6)7/h2-18,27-29,38,48H,19-26,30-32H2,1H3,(H,49,55);3*(H,6,7). The average molecular weight is 1220 g/mol. The summed E-state index contributed by atoms with van der Waals surface area (Å²) in [5, 5.41) is 38.7. The van der Waals surface area contributed by atoms with Gasteiger partial charge < -0.3 is 35.0 Å². The number of sulfonamides is 1. The van der Waals surface area contributed by atoms with Gasteiger partial charge in [0, 0.05) is 109 Å². The Hall–Kier alpha value is -7.44. The molecule has 1 amide bonds. The Kier molecular flexibility index (Phi) is 22.7. The summed E-state index contributed by atoms with van der Waals surface area (Å²) in [5.41, 5.74) is 5.54. The molecule has 442 valence electrons. The first-order chi connectivity index (χ1) is 38.3. The molecule has 18 nitrogen and oxygen atoms in total. The quantitative estimate of drug-likeness (QED) is 0.0278. The van der Waals surface area contributed by atoms with Gasteiger partial charge in [0.15, 0.2) is 0 Å². The number of fused-ring (bicyclic) bond motifs is 3. The summed E-state index contributed by atoms with van der Waals surface area (Å²) in [6, 6.07) is 37.0. The van der Waals surface area contributed by atoms with E-state index in [9.17, 15) is 62.8 Å². The number of aliphatic carboxylic acids is 3. The van der Waals surface area contributed by atoms with Gasteiger partial charge in [0.25, 0.3) is 21.6 Å². The number of carboxylic acid groups (broad SMARTS) is 3. The van der Waals surface area contributed by atoms with E-state index in [2.05, 4.69) is 54.6 Å². The second-order valence-corrected chi connectivity index (χ2v) is 21.3. The van der Waals surface area contributed by atoms with Gasteiger partial charge in [0.1, 0.15) is 5.69 Å². The number of benzene rings is 5. The summed E-state index contributed by atoms with van der Waals surface area (Å²) in [4.78, 5) is 59.8. The van der Waals surface area contributed by atoms with Crippen LogP contribution in [0.5, 0.6) is 0 Å². The normalized spacial score (nSPS) is 14.5. The maximum Gasteiger partial charge on any atom is 0.490 e. The third-order valence-electron chi connectivity index (χ3n) is 12.2. The van der Waals surface area contributed by atoms with Gasteiger partial charge in [-0.15, -0.1) is 11.8 Å². The highest BCUT2D eigenvalue weighted by Gasteiger charge is 2.39. The van der Waals surface area contributed by atoms with Crippen LogP contribution in [0.25, 0.3) is 22.0 Å². The van der Waals surface area contributed by atoms with E-state index >= 15 is 0 Å². The number of likely N-dealkylation sites (N-methyl/N-ethyl adjacent to an activating group) is 1. The number of nitro benzene ring substituents is 1. The van der Waals surface area contributed by atoms with Crippen molar-refractivity contribution in [1.82, 2.24) is 24.0 Å². The van der Waals surface area contributed by atoms with E-state index in [1.165, 1.54) is 17.7 Å². The number of hydrogen-bond acceptors (Lipinski definition) is 13. The molecule has 0 radical (unpaired) electrons. The smallest absolute Gasteiger partial charge is 0.475 e. The number of carboxylic acids is 3. The second-order valence-electron chi connectivity index (χ2n) is 18.1. The van der Waals surface area contributed by atoms with E-state index in [1.807, 2.05) is 72.8 Å². The predicted molar refractivity (Wildman–Crippen MR) is 285 cm³/mol. The summed E-state index contributed by atoms with van der Waals surface area (Å²) in [5.74, 6) is -8.44. The Labute approximate surface area is 471 Å². The van der Waals surface area contributed by atoms with Crippen molar-refractivity contribution >= 4 is 79.5 Å². The summed E-state index contributed by atoms with van der Waals surface area (Å²) in [7, 11) is -2.36. The summed E-state index contributed by atoms with van der Waals surface area (Å²) in [6.45, 7) is 7.75.